The molecule has 126 valence electrons. The van der Waals surface area contributed by atoms with Crippen LogP contribution in [0.15, 0.2) is 35.4 Å². The summed E-state index contributed by atoms with van der Waals surface area (Å²) in [6.07, 6.45) is -3.43. The van der Waals surface area contributed by atoms with E-state index in [1.807, 2.05) is 0 Å². The molecule has 1 aromatic carbocycles. The van der Waals surface area contributed by atoms with Crippen molar-refractivity contribution >= 4 is 10.0 Å². The predicted molar refractivity (Wildman–Crippen MR) is 73.6 cm³/mol. The summed E-state index contributed by atoms with van der Waals surface area (Å²) in [4.78, 5) is -0.118. The third kappa shape index (κ3) is 4.29. The Morgan fingerprint density at radius 1 is 1.26 bits per heavy atom. The lowest BCUT2D eigenvalue weighted by Gasteiger charge is -2.08. The second-order valence-corrected chi connectivity index (χ2v) is 6.54. The van der Waals surface area contributed by atoms with E-state index < -0.39 is 27.7 Å². The maximum atomic E-state index is 13.1. The van der Waals surface area contributed by atoms with Crippen LogP contribution in [0, 0.1) is 12.7 Å². The number of nitrogens with zero attached hydrogens (tertiary/aromatic N) is 2. The summed E-state index contributed by atoms with van der Waals surface area (Å²) in [5.41, 5.74) is -0.871. The van der Waals surface area contributed by atoms with Crippen LogP contribution in [0.1, 0.15) is 11.3 Å². The molecule has 0 unspecified atom stereocenters. The smallest absolute Gasteiger partial charge is 0.271 e. The molecule has 0 atom stereocenters. The van der Waals surface area contributed by atoms with E-state index in [0.717, 1.165) is 29.1 Å². The van der Waals surface area contributed by atoms with Crippen molar-refractivity contribution in [2.24, 2.45) is 0 Å². The van der Waals surface area contributed by atoms with Crippen LogP contribution in [0.25, 0.3) is 0 Å². The first-order valence-corrected chi connectivity index (χ1v) is 7.94. The molecule has 23 heavy (non-hydrogen) atoms. The zero-order valence-electron chi connectivity index (χ0n) is 11.9. The topological polar surface area (TPSA) is 64.0 Å². The van der Waals surface area contributed by atoms with E-state index in [1.54, 1.807) is 0 Å². The zero-order valence-corrected chi connectivity index (χ0v) is 12.7. The normalized spacial score (nSPS) is 12.6. The molecule has 0 aliphatic rings. The maximum absolute atomic E-state index is 13.1. The SMILES string of the molecule is Cc1cc(S(=O)(=O)NCCn2ccc(C(F)(F)F)n2)ccc1F. The molecule has 1 heterocycles. The number of sulfonamides is 1. The van der Waals surface area contributed by atoms with Crippen LogP contribution in [0.5, 0.6) is 0 Å². The van der Waals surface area contributed by atoms with Crippen molar-refractivity contribution in [2.45, 2.75) is 24.5 Å². The Balaban J connectivity index is 2.00. The number of halogens is 4. The number of hydrogen-bond acceptors (Lipinski definition) is 3. The fraction of sp³-hybridized carbons (Fsp3) is 0.308. The van der Waals surface area contributed by atoms with Crippen LogP contribution in [0.3, 0.4) is 0 Å². The molecule has 1 N–H and O–H groups in total. The average Bonchev–Trinajstić information content (AvgIpc) is 2.90. The maximum Gasteiger partial charge on any atom is 0.435 e. The molecular formula is C13H13F4N3O2S. The Bertz CT molecular complexity index is 800. The molecular weight excluding hydrogens is 338 g/mol. The van der Waals surface area contributed by atoms with Crippen molar-refractivity contribution in [3.8, 4) is 0 Å². The van der Waals surface area contributed by atoms with E-state index in [-0.39, 0.29) is 23.5 Å². The number of hydrogen-bond donors (Lipinski definition) is 1. The molecule has 2 rings (SSSR count). The molecule has 10 heteroatoms. The molecule has 0 amide bonds. The lowest BCUT2D eigenvalue weighted by atomic mass is 10.2. The molecule has 1 aromatic heterocycles. The molecule has 5 nitrogen and oxygen atoms in total. The second-order valence-electron chi connectivity index (χ2n) is 4.77. The van der Waals surface area contributed by atoms with Crippen LogP contribution < -0.4 is 4.72 Å². The number of benzene rings is 1. The molecule has 0 aliphatic carbocycles. The van der Waals surface area contributed by atoms with Gasteiger partial charge in [0.15, 0.2) is 5.69 Å². The summed E-state index contributed by atoms with van der Waals surface area (Å²) in [6.45, 7) is 1.20. The highest BCUT2D eigenvalue weighted by molar-refractivity contribution is 7.89. The standard InChI is InChI=1S/C13H13F4N3O2S/c1-9-8-10(2-3-11(9)14)23(21,22)18-5-7-20-6-4-12(19-20)13(15,16)17/h2-4,6,8,18H,5,7H2,1H3. The van der Waals surface area contributed by atoms with Crippen molar-refractivity contribution in [3.05, 3.63) is 47.5 Å². The van der Waals surface area contributed by atoms with E-state index in [9.17, 15) is 26.0 Å². The van der Waals surface area contributed by atoms with Gasteiger partial charge >= 0.3 is 6.18 Å². The molecule has 0 aliphatic heterocycles. The quantitative estimate of drug-likeness (QED) is 0.841. The van der Waals surface area contributed by atoms with E-state index in [4.69, 9.17) is 0 Å². The molecule has 0 spiro atoms. The van der Waals surface area contributed by atoms with Crippen molar-refractivity contribution < 1.29 is 26.0 Å². The minimum atomic E-state index is -4.55. The highest BCUT2D eigenvalue weighted by atomic mass is 32.2. The van der Waals surface area contributed by atoms with Gasteiger partial charge in [0.25, 0.3) is 0 Å². The number of alkyl halides is 3. The molecule has 0 radical (unpaired) electrons. The Morgan fingerprint density at radius 3 is 2.52 bits per heavy atom. The Morgan fingerprint density at radius 2 is 1.96 bits per heavy atom. The summed E-state index contributed by atoms with van der Waals surface area (Å²) in [7, 11) is -3.87. The van der Waals surface area contributed by atoms with Gasteiger partial charge in [-0.1, -0.05) is 0 Å². The molecule has 0 fully saturated rings. The van der Waals surface area contributed by atoms with Gasteiger partial charge in [-0.3, -0.25) is 4.68 Å². The summed E-state index contributed by atoms with van der Waals surface area (Å²) in [5.74, 6) is -0.528. The molecule has 2 aromatic rings. The Kier molecular flexibility index (Phi) is 4.76. The lowest BCUT2D eigenvalue weighted by molar-refractivity contribution is -0.141. The molecule has 0 bridgehead atoms. The first kappa shape index (κ1) is 17.4. The van der Waals surface area contributed by atoms with Crippen LogP contribution in [0.4, 0.5) is 17.6 Å². The van der Waals surface area contributed by atoms with Gasteiger partial charge in [-0.25, -0.2) is 17.5 Å². The summed E-state index contributed by atoms with van der Waals surface area (Å²) in [5, 5.41) is 3.31. The lowest BCUT2D eigenvalue weighted by Crippen LogP contribution is -2.27. The van der Waals surface area contributed by atoms with Gasteiger partial charge in [-0.15, -0.1) is 0 Å². The van der Waals surface area contributed by atoms with Crippen molar-refractivity contribution in [1.82, 2.24) is 14.5 Å². The first-order valence-electron chi connectivity index (χ1n) is 6.46. The van der Waals surface area contributed by atoms with Gasteiger partial charge in [-0.05, 0) is 36.8 Å². The van der Waals surface area contributed by atoms with Gasteiger partial charge in [0.05, 0.1) is 11.4 Å². The number of rotatable bonds is 5. The second kappa shape index (κ2) is 6.28. The third-order valence-electron chi connectivity index (χ3n) is 3.00. The molecule has 0 saturated carbocycles. The van der Waals surface area contributed by atoms with Gasteiger partial charge in [0.2, 0.25) is 10.0 Å². The number of aromatic nitrogens is 2. The monoisotopic (exact) mass is 351 g/mol. The number of nitrogens with one attached hydrogen (secondary N) is 1. The van der Waals surface area contributed by atoms with Crippen LogP contribution in [0.2, 0.25) is 0 Å². The van der Waals surface area contributed by atoms with Crippen molar-refractivity contribution in [2.75, 3.05) is 6.54 Å². The Hall–Kier alpha value is -1.94. The highest BCUT2D eigenvalue weighted by Gasteiger charge is 2.33. The summed E-state index contributed by atoms with van der Waals surface area (Å²) < 4.78 is 77.5. The van der Waals surface area contributed by atoms with Gasteiger partial charge in [-0.2, -0.15) is 18.3 Å². The van der Waals surface area contributed by atoms with Crippen LogP contribution in [-0.2, 0) is 22.7 Å². The fourth-order valence-corrected chi connectivity index (χ4v) is 2.91. The third-order valence-corrected chi connectivity index (χ3v) is 4.46. The molecule has 0 saturated heterocycles. The minimum absolute atomic E-state index is 0.0739. The summed E-state index contributed by atoms with van der Waals surface area (Å²) in [6, 6.07) is 4.12. The van der Waals surface area contributed by atoms with Gasteiger partial charge in [0, 0.05) is 12.7 Å². The average molecular weight is 351 g/mol. The summed E-state index contributed by atoms with van der Waals surface area (Å²) >= 11 is 0. The fourth-order valence-electron chi connectivity index (χ4n) is 1.80. The number of aryl methyl sites for hydroxylation is 1. The van der Waals surface area contributed by atoms with E-state index in [0.29, 0.717) is 0 Å². The highest BCUT2D eigenvalue weighted by Crippen LogP contribution is 2.27. The predicted octanol–water partition coefficient (Wildman–Crippen LogP) is 2.33. The van der Waals surface area contributed by atoms with E-state index in [1.165, 1.54) is 13.0 Å². The van der Waals surface area contributed by atoms with Gasteiger partial charge in [0.1, 0.15) is 5.82 Å². The first-order chi connectivity index (χ1) is 10.6. The van der Waals surface area contributed by atoms with E-state index >= 15 is 0 Å². The van der Waals surface area contributed by atoms with E-state index in [2.05, 4.69) is 9.82 Å². The van der Waals surface area contributed by atoms with Crippen LogP contribution >= 0.6 is 0 Å². The van der Waals surface area contributed by atoms with Crippen LogP contribution in [-0.4, -0.2) is 24.7 Å². The minimum Gasteiger partial charge on any atom is -0.271 e. The zero-order chi connectivity index (χ0) is 17.3. The Labute approximate surface area is 130 Å². The van der Waals surface area contributed by atoms with Crippen molar-refractivity contribution in [1.29, 1.82) is 0 Å². The largest absolute Gasteiger partial charge is 0.435 e. The van der Waals surface area contributed by atoms with Crippen molar-refractivity contribution in [3.63, 3.8) is 0 Å². The van der Waals surface area contributed by atoms with Gasteiger partial charge < -0.3 is 0 Å².